The van der Waals surface area contributed by atoms with Crippen molar-refractivity contribution in [1.29, 1.82) is 0 Å². The first-order valence-electron chi connectivity index (χ1n) is 8.72. The molecular formula is C20H18N3O6S+. The molecule has 3 amide bonds. The summed E-state index contributed by atoms with van der Waals surface area (Å²) in [6.07, 6.45) is 0. The fourth-order valence-corrected chi connectivity index (χ4v) is 4.11. The number of amides is 3. The lowest BCUT2D eigenvalue weighted by atomic mass is 10.1. The van der Waals surface area contributed by atoms with Gasteiger partial charge < -0.3 is 5.11 Å². The number of imide groups is 1. The van der Waals surface area contributed by atoms with Gasteiger partial charge in [0.05, 0.1) is 12.5 Å². The van der Waals surface area contributed by atoms with Crippen LogP contribution in [0.25, 0.3) is 0 Å². The first-order chi connectivity index (χ1) is 14.2. The van der Waals surface area contributed by atoms with E-state index in [2.05, 4.69) is 6.72 Å². The van der Waals surface area contributed by atoms with Gasteiger partial charge in [-0.05, 0) is 11.1 Å². The molecule has 0 unspecified atom stereocenters. The van der Waals surface area contributed by atoms with E-state index in [1.165, 1.54) is 0 Å². The summed E-state index contributed by atoms with van der Waals surface area (Å²) in [7, 11) is -4.16. The van der Waals surface area contributed by atoms with Gasteiger partial charge in [-0.1, -0.05) is 60.7 Å². The molecule has 0 aliphatic carbocycles. The molecule has 1 heterocycles. The van der Waals surface area contributed by atoms with E-state index in [1.807, 2.05) is 4.72 Å². The fraction of sp³-hybridized carbons (Fsp3) is 0.100. The molecule has 2 aromatic rings. The standard InChI is InChI=1S/C20H17N3O6S/c1-22-18(24)16(21-30(28,29)13-15-10-6-3-7-11-15)17(19(25)26)23(20(22)27)12-14-8-4-2-5-9-14/h2-11,21H,1,12-13H2/p+1. The van der Waals surface area contributed by atoms with Crippen LogP contribution >= 0.6 is 0 Å². The number of urea groups is 1. The Morgan fingerprint density at radius 3 is 2.07 bits per heavy atom. The summed E-state index contributed by atoms with van der Waals surface area (Å²) in [5.74, 6) is -3.27. The van der Waals surface area contributed by atoms with Gasteiger partial charge >= 0.3 is 17.9 Å². The second-order valence-corrected chi connectivity index (χ2v) is 8.19. The monoisotopic (exact) mass is 428 g/mol. The van der Waals surface area contributed by atoms with E-state index in [1.54, 1.807) is 60.7 Å². The van der Waals surface area contributed by atoms with E-state index in [-0.39, 0.29) is 6.54 Å². The molecular weight excluding hydrogens is 410 g/mol. The third-order valence-corrected chi connectivity index (χ3v) is 5.50. The van der Waals surface area contributed by atoms with E-state index in [9.17, 15) is 27.9 Å². The van der Waals surface area contributed by atoms with Crippen molar-refractivity contribution in [1.82, 2.24) is 9.62 Å². The number of carboxylic acids is 1. The first kappa shape index (κ1) is 20.9. The average molecular weight is 428 g/mol. The van der Waals surface area contributed by atoms with Gasteiger partial charge in [-0.3, -0.25) is 4.72 Å². The molecule has 0 radical (unpaired) electrons. The highest BCUT2D eigenvalue weighted by Gasteiger charge is 2.48. The number of carboxylic acid groups (broad SMARTS) is 1. The summed E-state index contributed by atoms with van der Waals surface area (Å²) in [5, 5.41) is 9.69. The van der Waals surface area contributed by atoms with Crippen molar-refractivity contribution < 1.29 is 32.5 Å². The molecule has 1 aliphatic heterocycles. The predicted octanol–water partition coefficient (Wildman–Crippen LogP) is 1.28. The number of hydrogen-bond donors (Lipinski definition) is 2. The van der Waals surface area contributed by atoms with E-state index in [4.69, 9.17) is 0 Å². The number of aliphatic carboxylic acids is 1. The smallest absolute Gasteiger partial charge is 0.475 e. The van der Waals surface area contributed by atoms with Crippen molar-refractivity contribution >= 4 is 34.6 Å². The Labute approximate surface area is 172 Å². The quantitative estimate of drug-likeness (QED) is 0.640. The number of hydrogen-bond acceptors (Lipinski definition) is 5. The maximum absolute atomic E-state index is 12.6. The van der Waals surface area contributed by atoms with Crippen molar-refractivity contribution in [2.45, 2.75) is 12.3 Å². The number of carbonyl (C=O) groups is 3. The van der Waals surface area contributed by atoms with Gasteiger partial charge in [0, 0.05) is 0 Å². The lowest BCUT2D eigenvalue weighted by Crippen LogP contribution is -2.50. The molecule has 0 bridgehead atoms. The Morgan fingerprint density at radius 2 is 1.53 bits per heavy atom. The van der Waals surface area contributed by atoms with Crippen molar-refractivity contribution in [3.63, 3.8) is 0 Å². The van der Waals surface area contributed by atoms with Crippen molar-refractivity contribution in [3.05, 3.63) is 83.2 Å². The van der Waals surface area contributed by atoms with Gasteiger partial charge in [-0.25, -0.2) is 18.0 Å². The predicted molar refractivity (Wildman–Crippen MR) is 107 cm³/mol. The van der Waals surface area contributed by atoms with Crippen LogP contribution in [0.15, 0.2) is 72.1 Å². The van der Waals surface area contributed by atoms with E-state index < -0.39 is 45.1 Å². The van der Waals surface area contributed by atoms with Gasteiger partial charge in [-0.2, -0.15) is 9.69 Å². The lowest BCUT2D eigenvalue weighted by molar-refractivity contribution is -0.358. The van der Waals surface area contributed by atoms with E-state index in [0.29, 0.717) is 15.7 Å². The molecule has 0 fully saturated rings. The Balaban J connectivity index is 2.03. The Kier molecular flexibility index (Phi) is 5.79. The summed E-state index contributed by atoms with van der Waals surface area (Å²) < 4.78 is 27.7. The molecule has 9 nitrogen and oxygen atoms in total. The molecule has 3 rings (SSSR count). The Morgan fingerprint density at radius 1 is 1.00 bits per heavy atom. The summed E-state index contributed by atoms with van der Waals surface area (Å²) in [4.78, 5) is 37.8. The van der Waals surface area contributed by atoms with Crippen LogP contribution in [0.3, 0.4) is 0 Å². The third kappa shape index (κ3) is 4.44. The number of carbonyl (C=O) groups excluding carboxylic acids is 2. The Hall–Kier alpha value is -3.79. The van der Waals surface area contributed by atoms with Crippen molar-refractivity contribution in [2.24, 2.45) is 0 Å². The maximum atomic E-state index is 12.6. The molecule has 0 saturated carbocycles. The summed E-state index contributed by atoms with van der Waals surface area (Å²) in [5.41, 5.74) is -0.484. The number of rotatable bonds is 7. The summed E-state index contributed by atoms with van der Waals surface area (Å²) in [6, 6.07) is 15.7. The summed E-state index contributed by atoms with van der Waals surface area (Å²) in [6.45, 7) is 3.15. The largest absolute Gasteiger partial charge is 0.506 e. The highest BCUT2D eigenvalue weighted by molar-refractivity contribution is 7.88. The van der Waals surface area contributed by atoms with Crippen LogP contribution in [0.1, 0.15) is 11.1 Å². The van der Waals surface area contributed by atoms with Crippen molar-refractivity contribution in [3.8, 4) is 0 Å². The van der Waals surface area contributed by atoms with Crippen LogP contribution in [0.2, 0.25) is 0 Å². The molecule has 154 valence electrons. The molecule has 2 aromatic carbocycles. The van der Waals surface area contributed by atoms with Crippen LogP contribution in [0, 0.1) is 0 Å². The van der Waals surface area contributed by atoms with Crippen LogP contribution < -0.4 is 4.72 Å². The fourth-order valence-electron chi connectivity index (χ4n) is 2.91. The van der Waals surface area contributed by atoms with Crippen LogP contribution in [-0.4, -0.2) is 47.6 Å². The zero-order valence-electron chi connectivity index (χ0n) is 15.7. The molecule has 0 aromatic heterocycles. The molecule has 0 saturated heterocycles. The minimum absolute atomic E-state index is 0.190. The van der Waals surface area contributed by atoms with Gasteiger partial charge in [0.1, 0.15) is 6.54 Å². The lowest BCUT2D eigenvalue weighted by Gasteiger charge is -2.23. The van der Waals surface area contributed by atoms with E-state index in [0.717, 1.165) is 4.90 Å². The van der Waals surface area contributed by atoms with Gasteiger partial charge in [-0.15, -0.1) is 4.58 Å². The molecule has 0 atom stereocenters. The zero-order chi connectivity index (χ0) is 21.9. The van der Waals surface area contributed by atoms with Crippen molar-refractivity contribution in [2.75, 3.05) is 0 Å². The highest BCUT2D eigenvalue weighted by Crippen LogP contribution is 2.22. The minimum Gasteiger partial charge on any atom is -0.475 e. The van der Waals surface area contributed by atoms with E-state index >= 15 is 0 Å². The zero-order valence-corrected chi connectivity index (χ0v) is 16.5. The molecule has 2 N–H and O–H groups in total. The molecule has 30 heavy (non-hydrogen) atoms. The highest BCUT2D eigenvalue weighted by atomic mass is 32.2. The number of sulfonamides is 1. The van der Waals surface area contributed by atoms with Crippen LogP contribution in [0.5, 0.6) is 0 Å². The SMILES string of the molecule is C=[N+]1C(=O)C(NS(=O)(=O)Cc2ccccc2)=C(C(=O)O)N(Cc2ccccc2)C1=O. The van der Waals surface area contributed by atoms with Gasteiger partial charge in [0.2, 0.25) is 15.7 Å². The van der Waals surface area contributed by atoms with Gasteiger partial charge in [0.15, 0.2) is 5.70 Å². The second kappa shape index (κ2) is 8.29. The maximum Gasteiger partial charge on any atom is 0.506 e. The average Bonchev–Trinajstić information content (AvgIpc) is 2.70. The first-order valence-corrected chi connectivity index (χ1v) is 10.4. The van der Waals surface area contributed by atoms with Crippen LogP contribution in [-0.2, 0) is 31.9 Å². The van der Waals surface area contributed by atoms with Crippen LogP contribution in [0.4, 0.5) is 4.79 Å². The second-order valence-electron chi connectivity index (χ2n) is 6.46. The third-order valence-electron chi connectivity index (χ3n) is 4.27. The normalized spacial score (nSPS) is 14.8. The number of nitrogens with one attached hydrogen (secondary N) is 1. The molecule has 0 spiro atoms. The summed E-state index contributed by atoms with van der Waals surface area (Å²) >= 11 is 0. The minimum atomic E-state index is -4.16. The molecule has 1 aliphatic rings. The number of nitrogens with zero attached hydrogens (tertiary/aromatic N) is 2. The Bertz CT molecular complexity index is 1160. The topological polar surface area (TPSA) is 124 Å². The number of benzene rings is 2. The molecule has 10 heteroatoms. The van der Waals surface area contributed by atoms with Gasteiger partial charge in [0.25, 0.3) is 0 Å².